The molecule has 1 atom stereocenters. The van der Waals surface area contributed by atoms with Crippen LogP contribution in [0.1, 0.15) is 27.4 Å². The van der Waals surface area contributed by atoms with Gasteiger partial charge in [-0.15, -0.1) is 0 Å². The van der Waals surface area contributed by atoms with Crippen LogP contribution in [0.2, 0.25) is 0 Å². The number of hydrogen-bond acceptors (Lipinski definition) is 6. The molecule has 0 spiro atoms. The molecule has 34 heavy (non-hydrogen) atoms. The number of benzene rings is 1. The van der Waals surface area contributed by atoms with Crippen molar-refractivity contribution in [2.24, 2.45) is 7.05 Å². The smallest absolute Gasteiger partial charge is 0.272 e. The normalized spacial score (nSPS) is 16.4. The zero-order valence-corrected chi connectivity index (χ0v) is 19.7. The molecule has 0 radical (unpaired) electrons. The number of carbonyl (C=O) groups is 2. The van der Waals surface area contributed by atoms with Gasteiger partial charge < -0.3 is 19.3 Å². The van der Waals surface area contributed by atoms with E-state index in [1.165, 1.54) is 0 Å². The Hall–Kier alpha value is -3.72. The van der Waals surface area contributed by atoms with E-state index < -0.39 is 0 Å². The molecule has 2 amide bonds. The number of carbonyl (C=O) groups excluding carboxylic acids is 2. The van der Waals surface area contributed by atoms with Crippen molar-refractivity contribution < 1.29 is 19.1 Å². The molecule has 0 bridgehead atoms. The summed E-state index contributed by atoms with van der Waals surface area (Å²) in [5, 5.41) is 4.27. The maximum Gasteiger partial charge on any atom is 0.272 e. The highest BCUT2D eigenvalue weighted by Gasteiger charge is 2.32. The Morgan fingerprint density at radius 1 is 1.15 bits per heavy atom. The van der Waals surface area contributed by atoms with Gasteiger partial charge in [-0.25, -0.2) is 0 Å². The minimum absolute atomic E-state index is 0.0328. The van der Waals surface area contributed by atoms with E-state index in [9.17, 15) is 9.59 Å². The van der Waals surface area contributed by atoms with Crippen molar-refractivity contribution in [2.75, 3.05) is 26.7 Å². The van der Waals surface area contributed by atoms with Crippen LogP contribution in [-0.4, -0.2) is 69.2 Å². The largest absolute Gasteiger partial charge is 0.497 e. The van der Waals surface area contributed by atoms with Gasteiger partial charge in [0.1, 0.15) is 18.0 Å². The third-order valence-electron chi connectivity index (χ3n) is 5.73. The monoisotopic (exact) mass is 463 g/mol. The maximum absolute atomic E-state index is 13.3. The van der Waals surface area contributed by atoms with E-state index in [0.29, 0.717) is 25.4 Å². The number of ether oxygens (including phenoxy) is 2. The summed E-state index contributed by atoms with van der Waals surface area (Å²) >= 11 is 0. The molecule has 0 saturated carbocycles. The molecule has 1 aliphatic heterocycles. The van der Waals surface area contributed by atoms with Crippen LogP contribution in [0.15, 0.2) is 54.7 Å². The van der Waals surface area contributed by atoms with Crippen molar-refractivity contribution in [2.45, 2.75) is 26.2 Å². The van der Waals surface area contributed by atoms with E-state index in [-0.39, 0.29) is 31.0 Å². The Kier molecular flexibility index (Phi) is 7.22. The summed E-state index contributed by atoms with van der Waals surface area (Å²) in [6.07, 6.45) is 1.33. The Morgan fingerprint density at radius 2 is 2.00 bits per heavy atom. The molecule has 2 aromatic heterocycles. The summed E-state index contributed by atoms with van der Waals surface area (Å²) < 4.78 is 13.1. The lowest BCUT2D eigenvalue weighted by Crippen LogP contribution is -2.40. The molecule has 0 N–H and O–H groups in total. The summed E-state index contributed by atoms with van der Waals surface area (Å²) in [6, 6.07) is 15.0. The highest BCUT2D eigenvalue weighted by molar-refractivity contribution is 5.95. The Labute approximate surface area is 198 Å². The van der Waals surface area contributed by atoms with Gasteiger partial charge in [-0.3, -0.25) is 19.3 Å². The first-order valence-electron chi connectivity index (χ1n) is 11.1. The lowest BCUT2D eigenvalue weighted by molar-refractivity contribution is -0.132. The third kappa shape index (κ3) is 5.60. The molecule has 4 rings (SSSR count). The number of aromatic nitrogens is 3. The zero-order valence-electron chi connectivity index (χ0n) is 19.7. The van der Waals surface area contributed by atoms with Gasteiger partial charge in [0.15, 0.2) is 0 Å². The van der Waals surface area contributed by atoms with Gasteiger partial charge in [0.2, 0.25) is 5.91 Å². The molecule has 1 fully saturated rings. The molecule has 0 unspecified atom stereocenters. The summed E-state index contributed by atoms with van der Waals surface area (Å²) in [5.74, 6) is 0.355. The van der Waals surface area contributed by atoms with Crippen LogP contribution in [-0.2, 0) is 29.7 Å². The van der Waals surface area contributed by atoms with Gasteiger partial charge in [0.25, 0.3) is 5.91 Å². The van der Waals surface area contributed by atoms with Crippen LogP contribution in [0.4, 0.5) is 0 Å². The van der Waals surface area contributed by atoms with Gasteiger partial charge in [-0.1, -0.05) is 18.2 Å². The standard InChI is InChI=1S/C25H29N5O4/c1-18-11-23(28(2)27-18)25(32)30-15-22(34-17-19-7-6-9-21(12-19)33-3)14-29(24(31)16-30)13-20-8-4-5-10-26-20/h4-12,22H,13-17H2,1-3H3/t22-/m0/s1. The van der Waals surface area contributed by atoms with Gasteiger partial charge in [0, 0.05) is 26.3 Å². The second-order valence-electron chi connectivity index (χ2n) is 8.36. The lowest BCUT2D eigenvalue weighted by Gasteiger charge is -2.25. The highest BCUT2D eigenvalue weighted by atomic mass is 16.5. The van der Waals surface area contributed by atoms with Gasteiger partial charge in [0.05, 0.1) is 37.8 Å². The molecule has 3 heterocycles. The minimum atomic E-state index is -0.375. The molecule has 9 nitrogen and oxygen atoms in total. The minimum Gasteiger partial charge on any atom is -0.497 e. The Bertz CT molecular complexity index is 1150. The fourth-order valence-electron chi connectivity index (χ4n) is 4.03. The van der Waals surface area contributed by atoms with E-state index in [0.717, 1.165) is 22.7 Å². The highest BCUT2D eigenvalue weighted by Crippen LogP contribution is 2.18. The fourth-order valence-corrected chi connectivity index (χ4v) is 4.03. The first-order valence-corrected chi connectivity index (χ1v) is 11.1. The van der Waals surface area contributed by atoms with E-state index in [1.54, 1.807) is 40.9 Å². The van der Waals surface area contributed by atoms with Crippen molar-refractivity contribution >= 4 is 11.8 Å². The summed E-state index contributed by atoms with van der Waals surface area (Å²) in [4.78, 5) is 34.1. The molecule has 1 saturated heterocycles. The summed E-state index contributed by atoms with van der Waals surface area (Å²) in [7, 11) is 3.35. The summed E-state index contributed by atoms with van der Waals surface area (Å²) in [6.45, 7) is 3.13. The first kappa shape index (κ1) is 23.4. The van der Waals surface area contributed by atoms with Crippen molar-refractivity contribution in [1.29, 1.82) is 0 Å². The van der Waals surface area contributed by atoms with Crippen LogP contribution in [0.5, 0.6) is 5.75 Å². The molecule has 178 valence electrons. The number of nitrogens with zero attached hydrogens (tertiary/aromatic N) is 5. The second kappa shape index (κ2) is 10.5. The third-order valence-corrected chi connectivity index (χ3v) is 5.73. The van der Waals surface area contributed by atoms with Crippen LogP contribution in [0.3, 0.4) is 0 Å². The average molecular weight is 464 g/mol. The fraction of sp³-hybridized carbons (Fsp3) is 0.360. The van der Waals surface area contributed by atoms with E-state index in [4.69, 9.17) is 9.47 Å². The molecule has 3 aromatic rings. The van der Waals surface area contributed by atoms with Crippen LogP contribution >= 0.6 is 0 Å². The summed E-state index contributed by atoms with van der Waals surface area (Å²) in [5.41, 5.74) is 2.92. The Balaban J connectivity index is 1.55. The number of amides is 2. The quantitative estimate of drug-likeness (QED) is 0.534. The molecule has 9 heteroatoms. The van der Waals surface area contributed by atoms with E-state index in [2.05, 4.69) is 10.1 Å². The van der Waals surface area contributed by atoms with Crippen molar-refractivity contribution in [1.82, 2.24) is 24.6 Å². The predicted octanol–water partition coefficient (Wildman–Crippen LogP) is 2.20. The SMILES string of the molecule is COc1cccc(CO[C@H]2CN(Cc3ccccn3)C(=O)CN(C(=O)c3cc(C)nn3C)C2)c1. The number of hydrogen-bond donors (Lipinski definition) is 0. The van der Waals surface area contributed by atoms with Crippen LogP contribution < -0.4 is 4.74 Å². The van der Waals surface area contributed by atoms with Crippen molar-refractivity contribution in [3.05, 3.63) is 77.4 Å². The Morgan fingerprint density at radius 3 is 2.71 bits per heavy atom. The second-order valence-corrected chi connectivity index (χ2v) is 8.36. The molecule has 1 aliphatic rings. The topological polar surface area (TPSA) is 89.8 Å². The number of methoxy groups -OCH3 is 1. The maximum atomic E-state index is 13.3. The molecular formula is C25H29N5O4. The van der Waals surface area contributed by atoms with Gasteiger partial charge in [-0.05, 0) is 42.8 Å². The van der Waals surface area contributed by atoms with Crippen LogP contribution in [0.25, 0.3) is 0 Å². The molecular weight excluding hydrogens is 434 g/mol. The lowest BCUT2D eigenvalue weighted by atomic mass is 10.2. The van der Waals surface area contributed by atoms with Gasteiger partial charge in [-0.2, -0.15) is 5.10 Å². The number of pyridine rings is 1. The van der Waals surface area contributed by atoms with E-state index in [1.807, 2.05) is 49.4 Å². The van der Waals surface area contributed by atoms with Crippen molar-refractivity contribution in [3.8, 4) is 5.75 Å². The molecule has 0 aliphatic carbocycles. The first-order chi connectivity index (χ1) is 16.4. The van der Waals surface area contributed by atoms with Crippen molar-refractivity contribution in [3.63, 3.8) is 0 Å². The van der Waals surface area contributed by atoms with Gasteiger partial charge >= 0.3 is 0 Å². The van der Waals surface area contributed by atoms with Crippen LogP contribution in [0, 0.1) is 6.92 Å². The zero-order chi connectivity index (χ0) is 24.1. The predicted molar refractivity (Wildman–Crippen MR) is 125 cm³/mol. The average Bonchev–Trinajstić information content (AvgIpc) is 3.10. The number of aryl methyl sites for hydroxylation is 2. The van der Waals surface area contributed by atoms with E-state index >= 15 is 0 Å². The molecule has 1 aromatic carbocycles. The number of rotatable bonds is 7.